The number of allylic oxidation sites excluding steroid dienone is 1. The molecule has 4 heteroatoms. The molecule has 0 N–H and O–H groups in total. The fraction of sp³-hybridized carbons (Fsp3) is 0. The van der Waals surface area contributed by atoms with Crippen molar-refractivity contribution < 1.29 is 18.7 Å². The summed E-state index contributed by atoms with van der Waals surface area (Å²) in [4.78, 5) is 24.6. The molecule has 0 aromatic heterocycles. The molecule has 4 aromatic carbocycles. The lowest BCUT2D eigenvalue weighted by molar-refractivity contribution is 0.0734. The second-order valence-corrected chi connectivity index (χ2v) is 7.11. The van der Waals surface area contributed by atoms with Gasteiger partial charge in [0.2, 0.25) is 0 Å². The second kappa shape index (κ2) is 9.67. The van der Waals surface area contributed by atoms with E-state index in [0.29, 0.717) is 11.3 Å². The molecule has 0 saturated carbocycles. The molecule has 4 aromatic rings. The lowest BCUT2D eigenvalue weighted by Gasteiger charge is -2.05. The van der Waals surface area contributed by atoms with Gasteiger partial charge in [0, 0.05) is 5.56 Å². The van der Waals surface area contributed by atoms with Gasteiger partial charge in [0.05, 0.1) is 5.56 Å². The summed E-state index contributed by atoms with van der Waals surface area (Å²) in [5.74, 6) is -0.725. The zero-order chi connectivity index (χ0) is 22.3. The fourth-order valence-corrected chi connectivity index (χ4v) is 3.12. The minimum absolute atomic E-state index is 0.101. The van der Waals surface area contributed by atoms with E-state index in [9.17, 15) is 14.0 Å². The number of hydrogen-bond donors (Lipinski definition) is 0. The topological polar surface area (TPSA) is 43.4 Å². The van der Waals surface area contributed by atoms with Gasteiger partial charge in [-0.1, -0.05) is 72.8 Å². The number of carbonyl (C=O) groups is 2. The van der Waals surface area contributed by atoms with E-state index in [2.05, 4.69) is 0 Å². The average Bonchev–Trinajstić information content (AvgIpc) is 2.84. The predicted octanol–water partition coefficient (Wildman–Crippen LogP) is 6.61. The highest BCUT2D eigenvalue weighted by molar-refractivity contribution is 6.07. The normalized spacial score (nSPS) is 10.8. The molecule has 3 nitrogen and oxygen atoms in total. The van der Waals surface area contributed by atoms with Crippen LogP contribution in [0.3, 0.4) is 0 Å². The van der Waals surface area contributed by atoms with Crippen LogP contribution in [0.15, 0.2) is 109 Å². The van der Waals surface area contributed by atoms with E-state index in [4.69, 9.17) is 4.74 Å². The van der Waals surface area contributed by atoms with Crippen LogP contribution in [0.25, 0.3) is 17.2 Å². The van der Waals surface area contributed by atoms with Gasteiger partial charge in [0.1, 0.15) is 11.6 Å². The quantitative estimate of drug-likeness (QED) is 0.152. The van der Waals surface area contributed by atoms with Crippen molar-refractivity contribution in [2.45, 2.75) is 0 Å². The van der Waals surface area contributed by atoms with Crippen molar-refractivity contribution in [1.29, 1.82) is 0 Å². The van der Waals surface area contributed by atoms with Crippen LogP contribution >= 0.6 is 0 Å². The highest BCUT2D eigenvalue weighted by Crippen LogP contribution is 2.20. The van der Waals surface area contributed by atoms with Gasteiger partial charge in [-0.15, -0.1) is 0 Å². The molecule has 0 fully saturated rings. The Morgan fingerprint density at radius 1 is 0.656 bits per heavy atom. The number of ketones is 1. The molecule has 4 rings (SSSR count). The molecule has 0 aliphatic heterocycles. The smallest absolute Gasteiger partial charge is 0.343 e. The number of rotatable bonds is 6. The third-order valence-corrected chi connectivity index (χ3v) is 4.87. The Bertz CT molecular complexity index is 1240. The van der Waals surface area contributed by atoms with Gasteiger partial charge in [0.15, 0.2) is 5.78 Å². The van der Waals surface area contributed by atoms with E-state index in [1.807, 2.05) is 54.6 Å². The molecule has 0 saturated heterocycles. The Morgan fingerprint density at radius 3 is 1.91 bits per heavy atom. The number of ether oxygens (including phenoxy) is 1. The van der Waals surface area contributed by atoms with Crippen LogP contribution < -0.4 is 4.74 Å². The van der Waals surface area contributed by atoms with E-state index in [1.54, 1.807) is 30.3 Å². The van der Waals surface area contributed by atoms with E-state index in [0.717, 1.165) is 16.7 Å². The van der Waals surface area contributed by atoms with E-state index in [1.165, 1.54) is 30.3 Å². The summed E-state index contributed by atoms with van der Waals surface area (Å²) >= 11 is 0. The molecular formula is C28H19FO3. The highest BCUT2D eigenvalue weighted by atomic mass is 19.1. The Balaban J connectivity index is 1.37. The molecule has 0 aliphatic carbocycles. The Hall–Kier alpha value is -4.31. The highest BCUT2D eigenvalue weighted by Gasteiger charge is 2.08. The summed E-state index contributed by atoms with van der Waals surface area (Å²) in [6, 6.07) is 29.4. The fourth-order valence-electron chi connectivity index (χ4n) is 3.12. The number of halogens is 1. The van der Waals surface area contributed by atoms with Crippen molar-refractivity contribution >= 4 is 17.8 Å². The Kier molecular flexibility index (Phi) is 6.33. The van der Waals surface area contributed by atoms with E-state index < -0.39 is 11.8 Å². The Morgan fingerprint density at radius 2 is 1.25 bits per heavy atom. The minimum Gasteiger partial charge on any atom is -0.423 e. The molecule has 0 unspecified atom stereocenters. The molecule has 0 heterocycles. The largest absolute Gasteiger partial charge is 0.423 e. The van der Waals surface area contributed by atoms with Gasteiger partial charge < -0.3 is 4.74 Å². The zero-order valence-electron chi connectivity index (χ0n) is 17.1. The van der Waals surface area contributed by atoms with Crippen LogP contribution in [0.1, 0.15) is 26.3 Å². The summed E-state index contributed by atoms with van der Waals surface area (Å²) in [5.41, 5.74) is 3.81. The summed E-state index contributed by atoms with van der Waals surface area (Å²) < 4.78 is 18.3. The van der Waals surface area contributed by atoms with Crippen molar-refractivity contribution in [3.8, 4) is 16.9 Å². The van der Waals surface area contributed by atoms with Crippen molar-refractivity contribution in [1.82, 2.24) is 0 Å². The van der Waals surface area contributed by atoms with Crippen LogP contribution in [-0.4, -0.2) is 11.8 Å². The van der Waals surface area contributed by atoms with Crippen LogP contribution in [-0.2, 0) is 0 Å². The molecular weight excluding hydrogens is 403 g/mol. The average molecular weight is 422 g/mol. The molecule has 32 heavy (non-hydrogen) atoms. The first-order valence-electron chi connectivity index (χ1n) is 10.0. The van der Waals surface area contributed by atoms with E-state index >= 15 is 0 Å². The van der Waals surface area contributed by atoms with E-state index in [-0.39, 0.29) is 11.3 Å². The van der Waals surface area contributed by atoms with Crippen molar-refractivity contribution in [3.63, 3.8) is 0 Å². The van der Waals surface area contributed by atoms with Gasteiger partial charge in [-0.2, -0.15) is 0 Å². The maximum atomic E-state index is 13.0. The van der Waals surface area contributed by atoms with Gasteiger partial charge >= 0.3 is 5.97 Å². The molecule has 0 aliphatic rings. The van der Waals surface area contributed by atoms with Gasteiger partial charge in [-0.25, -0.2) is 9.18 Å². The van der Waals surface area contributed by atoms with Gasteiger partial charge in [-0.3, -0.25) is 4.79 Å². The summed E-state index contributed by atoms with van der Waals surface area (Å²) in [6.07, 6.45) is 3.22. The zero-order valence-corrected chi connectivity index (χ0v) is 17.1. The van der Waals surface area contributed by atoms with Gasteiger partial charge in [-0.05, 0) is 59.2 Å². The standard InChI is InChI=1S/C28H19FO3/c29-25-15-13-24(14-16-25)28(31)32-26-17-6-20(7-18-26)8-19-27(30)23-11-9-22(10-12-23)21-4-2-1-3-5-21/h1-19H/b19-8+. The van der Waals surface area contributed by atoms with Crippen molar-refractivity contribution in [2.24, 2.45) is 0 Å². The molecule has 156 valence electrons. The second-order valence-electron chi connectivity index (χ2n) is 7.11. The summed E-state index contributed by atoms with van der Waals surface area (Å²) in [7, 11) is 0. The van der Waals surface area contributed by atoms with Crippen molar-refractivity contribution in [2.75, 3.05) is 0 Å². The summed E-state index contributed by atoms with van der Waals surface area (Å²) in [6.45, 7) is 0. The predicted molar refractivity (Wildman–Crippen MR) is 123 cm³/mol. The maximum Gasteiger partial charge on any atom is 0.343 e. The molecule has 0 radical (unpaired) electrons. The number of carbonyl (C=O) groups excluding carboxylic acids is 2. The lowest BCUT2D eigenvalue weighted by Crippen LogP contribution is -2.08. The van der Waals surface area contributed by atoms with Crippen LogP contribution in [0, 0.1) is 5.82 Å². The summed E-state index contributed by atoms with van der Waals surface area (Å²) in [5, 5.41) is 0. The monoisotopic (exact) mass is 422 g/mol. The third kappa shape index (κ3) is 5.24. The molecule has 0 bridgehead atoms. The first kappa shape index (κ1) is 20.9. The maximum absolute atomic E-state index is 13.0. The van der Waals surface area contributed by atoms with Gasteiger partial charge in [0.25, 0.3) is 0 Å². The third-order valence-electron chi connectivity index (χ3n) is 4.87. The number of benzene rings is 4. The molecule has 0 atom stereocenters. The van der Waals surface area contributed by atoms with Crippen LogP contribution in [0.2, 0.25) is 0 Å². The van der Waals surface area contributed by atoms with Crippen molar-refractivity contribution in [3.05, 3.63) is 132 Å². The Labute approximate surface area is 185 Å². The number of esters is 1. The molecule has 0 amide bonds. The number of hydrogen-bond acceptors (Lipinski definition) is 3. The van der Waals surface area contributed by atoms with Crippen LogP contribution in [0.4, 0.5) is 4.39 Å². The minimum atomic E-state index is -0.567. The molecule has 0 spiro atoms. The van der Waals surface area contributed by atoms with Crippen LogP contribution in [0.5, 0.6) is 5.75 Å². The first-order valence-corrected chi connectivity index (χ1v) is 10.0. The lowest BCUT2D eigenvalue weighted by atomic mass is 10.0. The first-order chi connectivity index (χ1) is 15.6. The SMILES string of the molecule is O=C(/C=C/c1ccc(OC(=O)c2ccc(F)cc2)cc1)c1ccc(-c2ccccc2)cc1.